The van der Waals surface area contributed by atoms with Crippen LogP contribution in [0.5, 0.6) is 0 Å². The summed E-state index contributed by atoms with van der Waals surface area (Å²) in [5.74, 6) is 1.59. The SMILES string of the molecule is CCNC(=NCc1cc(CC)no1)NCCc1cc(C)cc(C)c1. The first-order chi connectivity index (χ1) is 11.6. The number of hydrogen-bond donors (Lipinski definition) is 2. The molecule has 0 aliphatic carbocycles. The molecule has 0 fully saturated rings. The molecule has 2 rings (SSSR count). The number of guanidine groups is 1. The minimum absolute atomic E-state index is 0.492. The highest BCUT2D eigenvalue weighted by atomic mass is 16.5. The van der Waals surface area contributed by atoms with Gasteiger partial charge in [-0.05, 0) is 39.2 Å². The first kappa shape index (κ1) is 18.0. The van der Waals surface area contributed by atoms with E-state index in [0.29, 0.717) is 6.54 Å². The molecular weight excluding hydrogens is 300 g/mol. The maximum atomic E-state index is 5.27. The maximum Gasteiger partial charge on any atom is 0.191 e. The zero-order valence-electron chi connectivity index (χ0n) is 15.1. The van der Waals surface area contributed by atoms with Gasteiger partial charge >= 0.3 is 0 Å². The van der Waals surface area contributed by atoms with Gasteiger partial charge in [0.15, 0.2) is 11.7 Å². The average molecular weight is 328 g/mol. The van der Waals surface area contributed by atoms with Crippen molar-refractivity contribution in [2.45, 2.75) is 47.1 Å². The number of aliphatic imine (C=N–C) groups is 1. The third-order valence-corrected chi connectivity index (χ3v) is 3.69. The third-order valence-electron chi connectivity index (χ3n) is 3.69. The molecule has 0 saturated carbocycles. The highest BCUT2D eigenvalue weighted by molar-refractivity contribution is 5.79. The highest BCUT2D eigenvalue weighted by Gasteiger charge is 2.03. The van der Waals surface area contributed by atoms with E-state index < -0.39 is 0 Å². The van der Waals surface area contributed by atoms with Crippen LogP contribution in [0.4, 0.5) is 0 Å². The predicted octanol–water partition coefficient (Wildman–Crippen LogP) is 3.15. The Morgan fingerprint density at radius 3 is 2.46 bits per heavy atom. The Bertz CT molecular complexity index is 656. The second kappa shape index (κ2) is 9.11. The van der Waals surface area contributed by atoms with Gasteiger partial charge in [-0.3, -0.25) is 0 Å². The molecule has 5 heteroatoms. The lowest BCUT2D eigenvalue weighted by Gasteiger charge is -2.11. The van der Waals surface area contributed by atoms with Crippen LogP contribution in [-0.4, -0.2) is 24.2 Å². The molecule has 1 aromatic carbocycles. The largest absolute Gasteiger partial charge is 0.359 e. The van der Waals surface area contributed by atoms with Crippen molar-refractivity contribution in [3.63, 3.8) is 0 Å². The molecule has 0 bridgehead atoms. The Morgan fingerprint density at radius 2 is 1.83 bits per heavy atom. The maximum absolute atomic E-state index is 5.27. The first-order valence-electron chi connectivity index (χ1n) is 8.64. The van der Waals surface area contributed by atoms with E-state index in [9.17, 15) is 0 Å². The number of nitrogens with zero attached hydrogens (tertiary/aromatic N) is 2. The molecule has 0 saturated heterocycles. The Labute approximate surface area is 144 Å². The van der Waals surface area contributed by atoms with Crippen LogP contribution >= 0.6 is 0 Å². The van der Waals surface area contributed by atoms with Crippen LogP contribution in [0.3, 0.4) is 0 Å². The number of rotatable bonds is 7. The fourth-order valence-corrected chi connectivity index (χ4v) is 2.63. The lowest BCUT2D eigenvalue weighted by molar-refractivity contribution is 0.379. The summed E-state index contributed by atoms with van der Waals surface area (Å²) >= 11 is 0. The number of aromatic nitrogens is 1. The molecule has 5 nitrogen and oxygen atoms in total. The topological polar surface area (TPSA) is 62.5 Å². The van der Waals surface area contributed by atoms with Gasteiger partial charge in [0.2, 0.25) is 0 Å². The van der Waals surface area contributed by atoms with Gasteiger partial charge in [0.05, 0.1) is 5.69 Å². The van der Waals surface area contributed by atoms with Crippen molar-refractivity contribution in [2.75, 3.05) is 13.1 Å². The summed E-state index contributed by atoms with van der Waals surface area (Å²) in [6, 6.07) is 8.63. The standard InChI is InChI=1S/C19H28N4O/c1-5-17-12-18(24-23-17)13-22-19(20-6-2)21-8-7-16-10-14(3)9-15(4)11-16/h9-12H,5-8,13H2,1-4H3,(H2,20,21,22). The zero-order valence-corrected chi connectivity index (χ0v) is 15.1. The van der Waals surface area contributed by atoms with E-state index in [1.165, 1.54) is 16.7 Å². The molecule has 24 heavy (non-hydrogen) atoms. The summed E-state index contributed by atoms with van der Waals surface area (Å²) in [4.78, 5) is 4.56. The number of benzene rings is 1. The van der Waals surface area contributed by atoms with Crippen LogP contribution in [-0.2, 0) is 19.4 Å². The van der Waals surface area contributed by atoms with E-state index in [1.54, 1.807) is 0 Å². The molecule has 0 aliphatic rings. The normalized spacial score (nSPS) is 11.6. The van der Waals surface area contributed by atoms with Crippen molar-refractivity contribution in [1.82, 2.24) is 15.8 Å². The van der Waals surface area contributed by atoms with Crippen LogP contribution < -0.4 is 10.6 Å². The molecule has 0 aliphatic heterocycles. The second-order valence-electron chi connectivity index (χ2n) is 6.01. The van der Waals surface area contributed by atoms with Crippen LogP contribution in [0, 0.1) is 13.8 Å². The second-order valence-corrected chi connectivity index (χ2v) is 6.01. The van der Waals surface area contributed by atoms with Crippen molar-refractivity contribution < 1.29 is 4.52 Å². The molecule has 130 valence electrons. The van der Waals surface area contributed by atoms with Gasteiger partial charge in [-0.25, -0.2) is 4.99 Å². The van der Waals surface area contributed by atoms with Gasteiger partial charge in [-0.2, -0.15) is 0 Å². The Kier molecular flexibility index (Phi) is 6.85. The number of aryl methyl sites for hydroxylation is 3. The Balaban J connectivity index is 1.89. The van der Waals surface area contributed by atoms with Gasteiger partial charge in [0.1, 0.15) is 6.54 Å². The van der Waals surface area contributed by atoms with Gasteiger partial charge in [0, 0.05) is 19.2 Å². The Morgan fingerprint density at radius 1 is 1.08 bits per heavy atom. The summed E-state index contributed by atoms with van der Waals surface area (Å²) in [6.45, 7) is 10.5. The van der Waals surface area contributed by atoms with Crippen LogP contribution in [0.1, 0.15) is 42.0 Å². The molecule has 0 radical (unpaired) electrons. The van der Waals surface area contributed by atoms with Gasteiger partial charge in [-0.15, -0.1) is 0 Å². The van der Waals surface area contributed by atoms with Crippen molar-refractivity contribution in [3.05, 3.63) is 52.4 Å². The molecule has 2 N–H and O–H groups in total. The smallest absolute Gasteiger partial charge is 0.191 e. The average Bonchev–Trinajstić information content (AvgIpc) is 3.00. The summed E-state index contributed by atoms with van der Waals surface area (Å²) < 4.78 is 5.27. The van der Waals surface area contributed by atoms with Crippen molar-refractivity contribution in [2.24, 2.45) is 4.99 Å². The molecule has 0 amide bonds. The lowest BCUT2D eigenvalue weighted by Crippen LogP contribution is -2.38. The van der Waals surface area contributed by atoms with E-state index in [4.69, 9.17) is 4.52 Å². The lowest BCUT2D eigenvalue weighted by atomic mass is 10.1. The molecule has 0 spiro atoms. The molecular formula is C19H28N4O. The predicted molar refractivity (Wildman–Crippen MR) is 98.3 cm³/mol. The molecule has 2 aromatic rings. The van der Waals surface area contributed by atoms with Crippen molar-refractivity contribution in [1.29, 1.82) is 0 Å². The fraction of sp³-hybridized carbons (Fsp3) is 0.474. The Hall–Kier alpha value is -2.30. The van der Waals surface area contributed by atoms with Gasteiger partial charge in [0.25, 0.3) is 0 Å². The van der Waals surface area contributed by atoms with Crippen LogP contribution in [0.15, 0.2) is 33.8 Å². The summed E-state index contributed by atoms with van der Waals surface area (Å²) in [6.07, 6.45) is 1.84. The summed E-state index contributed by atoms with van der Waals surface area (Å²) in [5, 5.41) is 10.6. The summed E-state index contributed by atoms with van der Waals surface area (Å²) in [7, 11) is 0. The molecule has 0 atom stereocenters. The van der Waals surface area contributed by atoms with E-state index in [2.05, 4.69) is 66.7 Å². The molecule has 1 heterocycles. The fourth-order valence-electron chi connectivity index (χ4n) is 2.63. The minimum Gasteiger partial charge on any atom is -0.359 e. The van der Waals surface area contributed by atoms with E-state index in [1.807, 2.05) is 6.07 Å². The molecule has 1 aromatic heterocycles. The van der Waals surface area contributed by atoms with Crippen LogP contribution in [0.2, 0.25) is 0 Å². The van der Waals surface area contributed by atoms with Gasteiger partial charge < -0.3 is 15.2 Å². The molecule has 0 unspecified atom stereocenters. The monoisotopic (exact) mass is 328 g/mol. The van der Waals surface area contributed by atoms with E-state index >= 15 is 0 Å². The van der Waals surface area contributed by atoms with Crippen molar-refractivity contribution >= 4 is 5.96 Å². The van der Waals surface area contributed by atoms with Crippen LogP contribution in [0.25, 0.3) is 0 Å². The van der Waals surface area contributed by atoms with E-state index in [0.717, 1.165) is 43.3 Å². The first-order valence-corrected chi connectivity index (χ1v) is 8.64. The summed E-state index contributed by atoms with van der Waals surface area (Å²) in [5.41, 5.74) is 4.93. The van der Waals surface area contributed by atoms with Gasteiger partial charge in [-0.1, -0.05) is 41.4 Å². The third kappa shape index (κ3) is 5.72. The highest BCUT2D eigenvalue weighted by Crippen LogP contribution is 2.09. The van der Waals surface area contributed by atoms with E-state index in [-0.39, 0.29) is 0 Å². The van der Waals surface area contributed by atoms with Crippen molar-refractivity contribution in [3.8, 4) is 0 Å². The minimum atomic E-state index is 0.492. The number of hydrogen-bond acceptors (Lipinski definition) is 3. The zero-order chi connectivity index (χ0) is 17.4. The quantitative estimate of drug-likeness (QED) is 0.605. The number of nitrogens with one attached hydrogen (secondary N) is 2.